The molecule has 0 aliphatic heterocycles. The second kappa shape index (κ2) is 9.29. The van der Waals surface area contributed by atoms with Crippen LogP contribution in [0.4, 0.5) is 5.69 Å². The molecule has 0 radical (unpaired) electrons. The topological polar surface area (TPSA) is 118 Å². The van der Waals surface area contributed by atoms with Crippen LogP contribution in [0.2, 0.25) is 0 Å². The molecule has 0 spiro atoms. The second-order valence-corrected chi connectivity index (χ2v) is 7.15. The number of nitro benzene ring substituents is 1. The van der Waals surface area contributed by atoms with E-state index >= 15 is 0 Å². The summed E-state index contributed by atoms with van der Waals surface area (Å²) in [7, 11) is 0. The van der Waals surface area contributed by atoms with Gasteiger partial charge in [-0.05, 0) is 23.3 Å². The summed E-state index contributed by atoms with van der Waals surface area (Å²) in [6.45, 7) is 0. The van der Waals surface area contributed by atoms with Gasteiger partial charge in [0, 0.05) is 17.7 Å². The minimum absolute atomic E-state index is 0.0486. The smallest absolute Gasteiger partial charge is 0.281 e. The maximum absolute atomic E-state index is 13.0. The summed E-state index contributed by atoms with van der Waals surface area (Å²) in [5, 5.41) is 26.3. The number of aliphatic hydroxyl groups is 1. The number of amides is 1. The number of nitrogens with zero attached hydrogens (tertiary/aromatic N) is 2. The summed E-state index contributed by atoms with van der Waals surface area (Å²) in [6, 6.07) is 26.5. The molecule has 0 unspecified atom stereocenters. The Balaban J connectivity index is 1.54. The van der Waals surface area contributed by atoms with Gasteiger partial charge < -0.3 is 9.52 Å². The van der Waals surface area contributed by atoms with Gasteiger partial charge in [0.1, 0.15) is 11.5 Å². The molecule has 0 aliphatic carbocycles. The number of carbonyl (C=O) groups excluding carboxylic acids is 1. The molecule has 8 nitrogen and oxygen atoms in total. The van der Waals surface area contributed by atoms with E-state index in [9.17, 15) is 20.0 Å². The molecule has 4 aromatic rings. The largest absolute Gasteiger partial charge is 0.455 e. The van der Waals surface area contributed by atoms with Crippen LogP contribution in [0.1, 0.15) is 16.9 Å². The lowest BCUT2D eigenvalue weighted by Gasteiger charge is -2.26. The summed E-state index contributed by atoms with van der Waals surface area (Å²) in [5.74, 6) is -0.00191. The summed E-state index contributed by atoms with van der Waals surface area (Å²) in [5.41, 5.74) is 1.71. The van der Waals surface area contributed by atoms with Gasteiger partial charge in [-0.1, -0.05) is 72.8 Å². The number of nitrogens with one attached hydrogen (secondary N) is 1. The van der Waals surface area contributed by atoms with Crippen molar-refractivity contribution in [3.63, 3.8) is 0 Å². The lowest BCUT2D eigenvalue weighted by molar-refractivity contribution is -0.384. The summed E-state index contributed by atoms with van der Waals surface area (Å²) >= 11 is 0. The standard InChI is InChI=1S/C25H19N3O5/c29-24(25(30,19-9-3-1-4-10-19)20-11-5-2-6-12-20)27-26-17-22-14-15-23(33-22)18-8-7-13-21(16-18)28(31)32/h1-17,30H,(H,27,29)/b26-17+. The van der Waals surface area contributed by atoms with Crippen LogP contribution in [0.25, 0.3) is 11.3 Å². The summed E-state index contributed by atoms with van der Waals surface area (Å²) in [4.78, 5) is 23.5. The SMILES string of the molecule is O=C(N/N=C/c1ccc(-c2cccc([N+](=O)[O-])c2)o1)C(O)(c1ccccc1)c1ccccc1. The number of hydrazone groups is 1. The zero-order valence-corrected chi connectivity index (χ0v) is 17.3. The Morgan fingerprint density at radius 2 is 1.58 bits per heavy atom. The number of rotatable bonds is 7. The van der Waals surface area contributed by atoms with Gasteiger partial charge in [0.05, 0.1) is 11.1 Å². The molecule has 3 aromatic carbocycles. The highest BCUT2D eigenvalue weighted by Gasteiger charge is 2.39. The van der Waals surface area contributed by atoms with E-state index in [0.717, 1.165) is 0 Å². The molecule has 0 fully saturated rings. The van der Waals surface area contributed by atoms with E-state index in [0.29, 0.717) is 28.2 Å². The molecule has 0 aliphatic rings. The van der Waals surface area contributed by atoms with Crippen molar-refractivity contribution in [2.45, 2.75) is 5.60 Å². The van der Waals surface area contributed by atoms with Crippen LogP contribution in [0.3, 0.4) is 0 Å². The molecule has 33 heavy (non-hydrogen) atoms. The molecule has 4 rings (SSSR count). The maximum Gasteiger partial charge on any atom is 0.281 e. The van der Waals surface area contributed by atoms with Gasteiger partial charge in [0.2, 0.25) is 0 Å². The van der Waals surface area contributed by atoms with Crippen LogP contribution in [0, 0.1) is 10.1 Å². The zero-order chi connectivity index (χ0) is 23.3. The van der Waals surface area contributed by atoms with Crippen LogP contribution in [0.15, 0.2) is 107 Å². The van der Waals surface area contributed by atoms with Crippen molar-refractivity contribution < 1.29 is 19.2 Å². The van der Waals surface area contributed by atoms with Gasteiger partial charge in [-0.3, -0.25) is 14.9 Å². The maximum atomic E-state index is 13.0. The van der Waals surface area contributed by atoms with E-state index in [-0.39, 0.29) is 5.69 Å². The van der Waals surface area contributed by atoms with E-state index in [1.807, 2.05) is 0 Å². The van der Waals surface area contributed by atoms with Crippen molar-refractivity contribution in [2.24, 2.45) is 5.10 Å². The monoisotopic (exact) mass is 441 g/mol. The number of nitro groups is 1. The molecule has 0 saturated carbocycles. The van der Waals surface area contributed by atoms with Gasteiger partial charge in [0.15, 0.2) is 5.60 Å². The molecule has 2 N–H and O–H groups in total. The van der Waals surface area contributed by atoms with Gasteiger partial charge >= 0.3 is 0 Å². The Kier molecular flexibility index (Phi) is 6.10. The highest BCUT2D eigenvalue weighted by Crippen LogP contribution is 2.30. The number of hydrogen-bond donors (Lipinski definition) is 2. The van der Waals surface area contributed by atoms with E-state index in [2.05, 4.69) is 10.5 Å². The third-order valence-corrected chi connectivity index (χ3v) is 5.04. The molecular weight excluding hydrogens is 422 g/mol. The van der Waals surface area contributed by atoms with E-state index < -0.39 is 16.4 Å². The molecule has 8 heteroatoms. The van der Waals surface area contributed by atoms with Crippen molar-refractivity contribution in [2.75, 3.05) is 0 Å². The van der Waals surface area contributed by atoms with Crippen molar-refractivity contribution in [1.29, 1.82) is 0 Å². The van der Waals surface area contributed by atoms with Crippen molar-refractivity contribution in [3.8, 4) is 11.3 Å². The zero-order valence-electron chi connectivity index (χ0n) is 17.3. The Morgan fingerprint density at radius 3 is 2.18 bits per heavy atom. The molecule has 1 amide bonds. The number of carbonyl (C=O) groups is 1. The van der Waals surface area contributed by atoms with Crippen LogP contribution in [-0.2, 0) is 10.4 Å². The first-order valence-electron chi connectivity index (χ1n) is 10.00. The Hall–Kier alpha value is -4.56. The van der Waals surface area contributed by atoms with Crippen molar-refractivity contribution in [3.05, 3.63) is 124 Å². The quantitative estimate of drug-likeness (QED) is 0.253. The first-order chi connectivity index (χ1) is 16.0. The fourth-order valence-corrected chi connectivity index (χ4v) is 3.37. The number of hydrogen-bond acceptors (Lipinski definition) is 6. The van der Waals surface area contributed by atoms with Crippen LogP contribution in [0.5, 0.6) is 0 Å². The highest BCUT2D eigenvalue weighted by molar-refractivity contribution is 5.91. The second-order valence-electron chi connectivity index (χ2n) is 7.15. The molecule has 1 heterocycles. The van der Waals surface area contributed by atoms with E-state index in [4.69, 9.17) is 4.42 Å². The molecule has 0 saturated heterocycles. The third kappa shape index (κ3) is 4.56. The van der Waals surface area contributed by atoms with Crippen LogP contribution < -0.4 is 5.43 Å². The number of furan rings is 1. The Morgan fingerprint density at radius 1 is 0.939 bits per heavy atom. The van der Waals surface area contributed by atoms with Crippen LogP contribution in [-0.4, -0.2) is 22.2 Å². The van der Waals surface area contributed by atoms with E-state index in [1.54, 1.807) is 84.9 Å². The summed E-state index contributed by atoms with van der Waals surface area (Å²) in [6.07, 6.45) is 1.29. The minimum atomic E-state index is -1.95. The highest BCUT2D eigenvalue weighted by atomic mass is 16.6. The first-order valence-corrected chi connectivity index (χ1v) is 10.00. The first kappa shape index (κ1) is 21.7. The fourth-order valence-electron chi connectivity index (χ4n) is 3.37. The van der Waals surface area contributed by atoms with Crippen LogP contribution >= 0.6 is 0 Å². The Bertz CT molecular complexity index is 1260. The molecule has 1 aromatic heterocycles. The molecular formula is C25H19N3O5. The minimum Gasteiger partial charge on any atom is -0.455 e. The van der Waals surface area contributed by atoms with Gasteiger partial charge in [0.25, 0.3) is 11.6 Å². The molecule has 0 atom stereocenters. The third-order valence-electron chi connectivity index (χ3n) is 5.04. The number of benzene rings is 3. The number of non-ortho nitro benzene ring substituents is 1. The Labute approximate surface area is 189 Å². The average molecular weight is 441 g/mol. The van der Waals surface area contributed by atoms with Crippen molar-refractivity contribution in [1.82, 2.24) is 5.43 Å². The van der Waals surface area contributed by atoms with Gasteiger partial charge in [-0.25, -0.2) is 5.43 Å². The fraction of sp³-hybridized carbons (Fsp3) is 0.0400. The molecule has 0 bridgehead atoms. The van der Waals surface area contributed by atoms with Crippen molar-refractivity contribution >= 4 is 17.8 Å². The molecule has 164 valence electrons. The average Bonchev–Trinajstić information content (AvgIpc) is 3.33. The van der Waals surface area contributed by atoms with E-state index in [1.165, 1.54) is 18.3 Å². The van der Waals surface area contributed by atoms with Gasteiger partial charge in [-0.2, -0.15) is 5.10 Å². The predicted octanol–water partition coefficient (Wildman–Crippen LogP) is 4.24. The summed E-state index contributed by atoms with van der Waals surface area (Å²) < 4.78 is 5.66. The van der Waals surface area contributed by atoms with Gasteiger partial charge in [-0.15, -0.1) is 0 Å². The lowest BCUT2D eigenvalue weighted by atomic mass is 9.85. The lowest BCUT2D eigenvalue weighted by Crippen LogP contribution is -2.43. The predicted molar refractivity (Wildman–Crippen MR) is 122 cm³/mol. The normalized spacial score (nSPS) is 11.4.